The van der Waals surface area contributed by atoms with Crippen LogP contribution in [-0.2, 0) is 71.1 Å². The lowest BCUT2D eigenvalue weighted by molar-refractivity contribution is -0.145. The maximum atomic E-state index is 13.0. The Morgan fingerprint density at radius 1 is 0.554 bits per heavy atom. The Morgan fingerprint density at radius 3 is 1.24 bits per heavy atom. The lowest BCUT2D eigenvalue weighted by atomic mass is 9.85. The third kappa shape index (κ3) is 17.8. The van der Waals surface area contributed by atoms with E-state index in [0.717, 1.165) is 46.5 Å². The molecule has 0 radical (unpaired) electrons. The van der Waals surface area contributed by atoms with Gasteiger partial charge < -0.3 is 48.9 Å². The SMILES string of the molecule is CN1Cc2c(Cl)cc(Cl)cc2C(c2ccc(S(=O)(=O)NCCOCCOCCOCCN(CCOCCOCCOCCNS(=O)(=O)c3ccc(C4CN(C)Cc5c(Cl)cc(Cl)cc54)cc3)C(=O)C(N)=O)cc2)C1. The molecule has 0 aliphatic carbocycles. The van der Waals surface area contributed by atoms with Crippen molar-refractivity contribution >= 4 is 78.3 Å². The van der Waals surface area contributed by atoms with Crippen molar-refractivity contribution in [3.05, 3.63) is 126 Å². The minimum absolute atomic E-state index is 0.0106. The summed E-state index contributed by atoms with van der Waals surface area (Å²) in [6.07, 6.45) is 0. The molecule has 0 saturated carbocycles. The number of carbonyl (C=O) groups excluding carboxylic acids is 2. The van der Waals surface area contributed by atoms with Gasteiger partial charge in [-0.15, -0.1) is 0 Å². The summed E-state index contributed by atoms with van der Waals surface area (Å²) in [4.78, 5) is 29.8. The zero-order valence-corrected chi connectivity index (χ0v) is 46.0. The number of nitrogens with zero attached hydrogens (tertiary/aromatic N) is 3. The third-order valence-corrected chi connectivity index (χ3v) is 16.3. The Bertz CT molecular complexity index is 2540. The molecular formula is C50H64Cl4N6O12S2. The standard InChI is InChI=1S/C50H64Cl4N6O12S2/c1-58-31-43(41-27-37(51)29-47(53)45(41)33-58)35-3-7-39(8-4-35)73(63,64)56-11-15-67-19-23-71-25-21-69-17-13-60(50(62)49(55)61)14-18-70-22-26-72-24-20-68-16-12-57-74(65,66)40-9-5-36(6-10-40)44-32-59(2)34-46-42(44)28-38(52)30-48(46)54/h3-10,27-30,43-44,56-57H,11-26,31-34H2,1-2H3,(H2,55,61). The van der Waals surface area contributed by atoms with Gasteiger partial charge in [0.1, 0.15) is 0 Å². The van der Waals surface area contributed by atoms with Gasteiger partial charge in [-0.05, 0) is 96.0 Å². The van der Waals surface area contributed by atoms with Gasteiger partial charge in [0.15, 0.2) is 0 Å². The molecule has 2 aliphatic rings. The van der Waals surface area contributed by atoms with E-state index < -0.39 is 31.9 Å². The van der Waals surface area contributed by atoms with Gasteiger partial charge in [0.05, 0.1) is 89.1 Å². The molecule has 2 atom stereocenters. The number of ether oxygens (including phenoxy) is 6. The molecule has 406 valence electrons. The first-order valence-corrected chi connectivity index (χ1v) is 28.5. The smallest absolute Gasteiger partial charge is 0.311 e. The van der Waals surface area contributed by atoms with Crippen molar-refractivity contribution in [2.24, 2.45) is 5.73 Å². The number of halogens is 4. The van der Waals surface area contributed by atoms with Crippen LogP contribution >= 0.6 is 46.4 Å². The Hall–Kier alpha value is -3.52. The minimum Gasteiger partial charge on any atom is -0.378 e. The molecule has 2 heterocycles. The van der Waals surface area contributed by atoms with E-state index in [2.05, 4.69) is 19.2 Å². The van der Waals surface area contributed by atoms with Crippen LogP contribution in [0.4, 0.5) is 0 Å². The van der Waals surface area contributed by atoms with Gasteiger partial charge in [0.25, 0.3) is 0 Å². The van der Waals surface area contributed by atoms with E-state index in [9.17, 15) is 26.4 Å². The number of hydrogen-bond donors (Lipinski definition) is 3. The van der Waals surface area contributed by atoms with E-state index in [4.69, 9.17) is 80.6 Å². The number of primary amides is 1. The maximum absolute atomic E-state index is 13.0. The van der Waals surface area contributed by atoms with Crippen molar-refractivity contribution in [3.8, 4) is 0 Å². The van der Waals surface area contributed by atoms with Crippen molar-refractivity contribution in [1.82, 2.24) is 24.1 Å². The highest BCUT2D eigenvalue weighted by molar-refractivity contribution is 7.89. The number of hydrogen-bond acceptors (Lipinski definition) is 14. The second-order valence-electron chi connectivity index (χ2n) is 17.7. The lowest BCUT2D eigenvalue weighted by Gasteiger charge is -2.33. The van der Waals surface area contributed by atoms with Crippen LogP contribution in [0.5, 0.6) is 0 Å². The summed E-state index contributed by atoms with van der Waals surface area (Å²) in [7, 11) is -3.50. The number of carbonyl (C=O) groups is 2. The van der Waals surface area contributed by atoms with Crippen LogP contribution in [0.2, 0.25) is 20.1 Å². The monoisotopic (exact) mass is 1140 g/mol. The first-order chi connectivity index (χ1) is 35.4. The Balaban J connectivity index is 0.750. The number of fused-ring (bicyclic) bond motifs is 2. The zero-order valence-electron chi connectivity index (χ0n) is 41.4. The predicted octanol–water partition coefficient (Wildman–Crippen LogP) is 5.13. The summed E-state index contributed by atoms with van der Waals surface area (Å²) < 4.78 is 90.1. The summed E-state index contributed by atoms with van der Waals surface area (Å²) in [6, 6.07) is 21.0. The highest BCUT2D eigenvalue weighted by Crippen LogP contribution is 2.40. The largest absolute Gasteiger partial charge is 0.378 e. The fourth-order valence-electron chi connectivity index (χ4n) is 8.59. The normalized spacial score (nSPS) is 16.2. The van der Waals surface area contributed by atoms with Crippen molar-refractivity contribution in [2.45, 2.75) is 34.7 Å². The Morgan fingerprint density at radius 2 is 0.892 bits per heavy atom. The van der Waals surface area contributed by atoms with E-state index in [1.54, 1.807) is 36.4 Å². The summed E-state index contributed by atoms with van der Waals surface area (Å²) in [5.74, 6) is -1.98. The topological polar surface area (TPSA) is 218 Å². The first kappa shape index (κ1) is 59.7. The van der Waals surface area contributed by atoms with Gasteiger partial charge in [-0.25, -0.2) is 26.3 Å². The zero-order chi connectivity index (χ0) is 53.3. The third-order valence-electron chi connectivity index (χ3n) is 12.2. The number of likely N-dealkylation sites (N-methyl/N-ethyl adjacent to an activating group) is 2. The van der Waals surface area contributed by atoms with E-state index in [1.807, 2.05) is 50.5 Å². The molecule has 2 unspecified atom stereocenters. The van der Waals surface area contributed by atoms with Crippen LogP contribution in [0.1, 0.15) is 45.2 Å². The molecule has 18 nitrogen and oxygen atoms in total. The molecular weight excluding hydrogens is 1080 g/mol. The van der Waals surface area contributed by atoms with Crippen LogP contribution in [0, 0.1) is 0 Å². The van der Waals surface area contributed by atoms with Gasteiger partial charge in [-0.2, -0.15) is 0 Å². The number of benzene rings is 4. The van der Waals surface area contributed by atoms with Crippen LogP contribution in [0.25, 0.3) is 0 Å². The maximum Gasteiger partial charge on any atom is 0.311 e. The van der Waals surface area contributed by atoms with Gasteiger partial charge in [0.2, 0.25) is 20.0 Å². The van der Waals surface area contributed by atoms with Crippen molar-refractivity contribution in [1.29, 1.82) is 0 Å². The summed E-state index contributed by atoms with van der Waals surface area (Å²) >= 11 is 25.6. The van der Waals surface area contributed by atoms with E-state index in [-0.39, 0.29) is 127 Å². The second kappa shape index (κ2) is 29.3. The number of rotatable bonds is 30. The molecule has 74 heavy (non-hydrogen) atoms. The molecule has 0 spiro atoms. The van der Waals surface area contributed by atoms with Crippen LogP contribution in [0.15, 0.2) is 82.6 Å². The predicted molar refractivity (Wildman–Crippen MR) is 283 cm³/mol. The van der Waals surface area contributed by atoms with Gasteiger partial charge >= 0.3 is 11.8 Å². The number of nitrogens with two attached hydrogens (primary N) is 1. The number of amides is 2. The van der Waals surface area contributed by atoms with E-state index in [0.29, 0.717) is 33.2 Å². The molecule has 4 N–H and O–H groups in total. The van der Waals surface area contributed by atoms with Gasteiger partial charge in [-0.3, -0.25) is 9.59 Å². The minimum atomic E-state index is -3.77. The highest BCUT2D eigenvalue weighted by atomic mass is 35.5. The van der Waals surface area contributed by atoms with Crippen LogP contribution in [0.3, 0.4) is 0 Å². The first-order valence-electron chi connectivity index (χ1n) is 24.0. The number of nitrogens with one attached hydrogen (secondary N) is 2. The van der Waals surface area contributed by atoms with Gasteiger partial charge in [-0.1, -0.05) is 70.7 Å². The van der Waals surface area contributed by atoms with Crippen LogP contribution < -0.4 is 15.2 Å². The van der Waals surface area contributed by atoms with Crippen molar-refractivity contribution < 1.29 is 54.8 Å². The average molecular weight is 1150 g/mol. The molecule has 0 aromatic heterocycles. The number of sulfonamides is 2. The quantitative estimate of drug-likeness (QED) is 0.0456. The van der Waals surface area contributed by atoms with Gasteiger partial charge in [0, 0.05) is 84.3 Å². The molecule has 2 amide bonds. The average Bonchev–Trinajstić information content (AvgIpc) is 3.36. The Labute approximate surface area is 454 Å². The second-order valence-corrected chi connectivity index (χ2v) is 22.9. The Kier molecular flexibility index (Phi) is 23.6. The fourth-order valence-corrected chi connectivity index (χ4v) is 11.8. The summed E-state index contributed by atoms with van der Waals surface area (Å²) in [6.45, 7) is 5.61. The molecule has 0 saturated heterocycles. The lowest BCUT2D eigenvalue weighted by Crippen LogP contribution is -2.43. The molecule has 2 aliphatic heterocycles. The van der Waals surface area contributed by atoms with E-state index >= 15 is 0 Å². The molecule has 24 heteroatoms. The van der Waals surface area contributed by atoms with E-state index in [1.165, 1.54) is 4.90 Å². The van der Waals surface area contributed by atoms with Crippen LogP contribution in [-0.4, -0.2) is 176 Å². The molecule has 0 fully saturated rings. The van der Waals surface area contributed by atoms with Crippen molar-refractivity contribution in [3.63, 3.8) is 0 Å². The molecule has 4 aromatic rings. The molecule has 4 aromatic carbocycles. The summed E-state index contributed by atoms with van der Waals surface area (Å²) in [5.41, 5.74) is 11.3. The fraction of sp³-hybridized carbons (Fsp3) is 0.480. The molecule has 0 bridgehead atoms. The highest BCUT2D eigenvalue weighted by Gasteiger charge is 2.29. The summed E-state index contributed by atoms with van der Waals surface area (Å²) in [5, 5.41) is 2.35. The molecule has 6 rings (SSSR count). The van der Waals surface area contributed by atoms with Crippen molar-refractivity contribution in [2.75, 3.05) is 133 Å².